The van der Waals surface area contributed by atoms with E-state index in [-0.39, 0.29) is 25.6 Å². The van der Waals surface area contributed by atoms with Crippen LogP contribution in [0.2, 0.25) is 0 Å². The number of likely N-dealkylation sites (N-methyl/N-ethyl adjacent to an activating group) is 1. The molecule has 0 heterocycles. The largest absolute Gasteiger partial charge is 0.472 e. The zero-order chi connectivity index (χ0) is 57.7. The molecular formula is C69H139NO8P+. The van der Waals surface area contributed by atoms with E-state index in [9.17, 15) is 19.0 Å². The summed E-state index contributed by atoms with van der Waals surface area (Å²) in [4.78, 5) is 35.9. The predicted octanol–water partition coefficient (Wildman–Crippen LogP) is 22.6. The number of carbonyl (C=O) groups excluding carboxylic acids is 2. The number of unbranched alkanes of at least 4 members (excludes halogenated alkanes) is 53. The first-order valence-corrected chi connectivity index (χ1v) is 36.8. The first-order chi connectivity index (χ1) is 38.5. The minimum atomic E-state index is -4.38. The Hall–Kier alpha value is -0.990. The van der Waals surface area contributed by atoms with Gasteiger partial charge in [-0.25, -0.2) is 4.57 Å². The summed E-state index contributed by atoms with van der Waals surface area (Å²) in [6.07, 6.45) is 73.6. The molecule has 472 valence electrons. The van der Waals surface area contributed by atoms with Gasteiger partial charge in [0.15, 0.2) is 6.10 Å². The minimum Gasteiger partial charge on any atom is -0.462 e. The smallest absolute Gasteiger partial charge is 0.462 e. The van der Waals surface area contributed by atoms with Gasteiger partial charge in [-0.15, -0.1) is 0 Å². The molecule has 9 nitrogen and oxygen atoms in total. The fourth-order valence-corrected chi connectivity index (χ4v) is 11.7. The highest BCUT2D eigenvalue weighted by molar-refractivity contribution is 7.47. The van der Waals surface area contributed by atoms with Crippen LogP contribution in [-0.2, 0) is 32.7 Å². The molecule has 0 fully saturated rings. The van der Waals surface area contributed by atoms with Crippen LogP contribution in [0.3, 0.4) is 0 Å². The van der Waals surface area contributed by atoms with E-state index >= 15 is 0 Å². The van der Waals surface area contributed by atoms with Gasteiger partial charge in [-0.05, 0) is 12.8 Å². The Kier molecular flexibility index (Phi) is 60.8. The van der Waals surface area contributed by atoms with Crippen LogP contribution in [0.4, 0.5) is 0 Å². The van der Waals surface area contributed by atoms with Gasteiger partial charge < -0.3 is 18.9 Å². The molecule has 0 radical (unpaired) electrons. The number of quaternary nitrogens is 1. The molecule has 79 heavy (non-hydrogen) atoms. The highest BCUT2D eigenvalue weighted by Gasteiger charge is 2.27. The number of ether oxygens (including phenoxy) is 2. The molecule has 0 spiro atoms. The summed E-state index contributed by atoms with van der Waals surface area (Å²) in [5.41, 5.74) is 0. The fraction of sp³-hybridized carbons (Fsp3) is 0.971. The maximum atomic E-state index is 12.9. The Bertz CT molecular complexity index is 1290. The summed E-state index contributed by atoms with van der Waals surface area (Å²) in [6, 6.07) is 0. The van der Waals surface area contributed by atoms with E-state index in [1.807, 2.05) is 21.1 Å². The second kappa shape index (κ2) is 61.6. The molecule has 0 aliphatic heterocycles. The highest BCUT2D eigenvalue weighted by atomic mass is 31.2. The quantitative estimate of drug-likeness (QED) is 0.0278. The average molecular weight is 1140 g/mol. The molecule has 0 aromatic carbocycles. The predicted molar refractivity (Wildman–Crippen MR) is 340 cm³/mol. The van der Waals surface area contributed by atoms with E-state index in [1.165, 1.54) is 315 Å². The van der Waals surface area contributed by atoms with Crippen molar-refractivity contribution in [3.63, 3.8) is 0 Å². The zero-order valence-corrected chi connectivity index (χ0v) is 54.8. The van der Waals surface area contributed by atoms with E-state index in [2.05, 4.69) is 13.8 Å². The van der Waals surface area contributed by atoms with Gasteiger partial charge in [0.05, 0.1) is 27.7 Å². The third-order valence-corrected chi connectivity index (χ3v) is 17.4. The first kappa shape index (κ1) is 78.0. The number of hydrogen-bond donors (Lipinski definition) is 1. The SMILES string of the molecule is CCCCCCCCCCCCCCCCCCCCCCCCCCCCCCCCCC(=O)OC(COC(=O)CCCCCCCCCCCCCCCCCCCCCCCCCC)COP(=O)(O)OCC[N+](C)(C)C. The maximum Gasteiger partial charge on any atom is 0.472 e. The van der Waals surface area contributed by atoms with Gasteiger partial charge in [-0.2, -0.15) is 0 Å². The molecule has 0 saturated carbocycles. The molecule has 2 unspecified atom stereocenters. The molecule has 10 heteroatoms. The van der Waals surface area contributed by atoms with Crippen molar-refractivity contribution in [3.8, 4) is 0 Å². The standard InChI is InChI=1S/C69H138NO8P/c1-6-8-10-12-14-16-18-20-22-24-26-28-30-32-33-34-35-36-37-38-40-42-44-46-48-50-52-54-56-58-60-62-69(72)78-67(66-77-79(73,74)76-64-63-70(3,4)5)65-75-68(71)61-59-57-55-53-51-49-47-45-43-41-39-31-29-27-25-23-21-19-17-15-13-11-9-7-2/h67H,6-66H2,1-5H3/p+1. The second-order valence-electron chi connectivity index (χ2n) is 25.6. The molecule has 0 bridgehead atoms. The Balaban J connectivity index is 3.96. The third kappa shape index (κ3) is 66.0. The summed E-state index contributed by atoms with van der Waals surface area (Å²) in [5, 5.41) is 0. The Morgan fingerprint density at radius 2 is 0.570 bits per heavy atom. The van der Waals surface area contributed by atoms with E-state index in [4.69, 9.17) is 18.5 Å². The Morgan fingerprint density at radius 1 is 0.342 bits per heavy atom. The van der Waals surface area contributed by atoms with Crippen molar-refractivity contribution in [1.82, 2.24) is 0 Å². The van der Waals surface area contributed by atoms with Crippen LogP contribution in [0.5, 0.6) is 0 Å². The molecule has 0 aliphatic carbocycles. The Morgan fingerprint density at radius 3 is 0.810 bits per heavy atom. The topological polar surface area (TPSA) is 108 Å². The van der Waals surface area contributed by atoms with E-state index < -0.39 is 26.5 Å². The van der Waals surface area contributed by atoms with E-state index in [1.54, 1.807) is 0 Å². The van der Waals surface area contributed by atoms with Gasteiger partial charge in [-0.3, -0.25) is 18.6 Å². The lowest BCUT2D eigenvalue weighted by Crippen LogP contribution is -2.37. The number of carbonyl (C=O) groups is 2. The first-order valence-electron chi connectivity index (χ1n) is 35.3. The highest BCUT2D eigenvalue weighted by Crippen LogP contribution is 2.43. The van der Waals surface area contributed by atoms with Gasteiger partial charge in [0.25, 0.3) is 0 Å². The van der Waals surface area contributed by atoms with Gasteiger partial charge >= 0.3 is 19.8 Å². The van der Waals surface area contributed by atoms with Crippen molar-refractivity contribution in [1.29, 1.82) is 0 Å². The Labute approximate surface area is 493 Å². The molecule has 0 rings (SSSR count). The summed E-state index contributed by atoms with van der Waals surface area (Å²) in [6.45, 7) is 4.53. The van der Waals surface area contributed by atoms with Gasteiger partial charge in [-0.1, -0.05) is 354 Å². The lowest BCUT2D eigenvalue weighted by Gasteiger charge is -2.24. The molecule has 2 atom stereocenters. The molecular weight excluding hydrogens is 1000 g/mol. The van der Waals surface area contributed by atoms with Crippen molar-refractivity contribution in [3.05, 3.63) is 0 Å². The van der Waals surface area contributed by atoms with Gasteiger partial charge in [0.1, 0.15) is 19.8 Å². The lowest BCUT2D eigenvalue weighted by molar-refractivity contribution is -0.870. The summed E-state index contributed by atoms with van der Waals surface area (Å²) >= 11 is 0. The molecule has 0 aliphatic rings. The van der Waals surface area contributed by atoms with Crippen LogP contribution < -0.4 is 0 Å². The van der Waals surface area contributed by atoms with Crippen LogP contribution >= 0.6 is 7.82 Å². The van der Waals surface area contributed by atoms with Crippen LogP contribution in [0.25, 0.3) is 0 Å². The van der Waals surface area contributed by atoms with E-state index in [0.29, 0.717) is 17.4 Å². The van der Waals surface area contributed by atoms with Crippen LogP contribution in [0.15, 0.2) is 0 Å². The molecule has 1 N–H and O–H groups in total. The van der Waals surface area contributed by atoms with Crippen LogP contribution in [0, 0.1) is 0 Å². The monoisotopic (exact) mass is 1140 g/mol. The third-order valence-electron chi connectivity index (χ3n) is 16.4. The number of phosphoric acid groups is 1. The molecule has 0 aromatic rings. The number of esters is 2. The maximum absolute atomic E-state index is 12.9. The summed E-state index contributed by atoms with van der Waals surface area (Å²) < 4.78 is 34.7. The lowest BCUT2D eigenvalue weighted by atomic mass is 10.0. The average Bonchev–Trinajstić information content (AvgIpc) is 3.41. The normalized spacial score (nSPS) is 13.0. The molecule has 0 aromatic heterocycles. The zero-order valence-electron chi connectivity index (χ0n) is 53.9. The number of rotatable bonds is 67. The fourth-order valence-electron chi connectivity index (χ4n) is 11.0. The van der Waals surface area contributed by atoms with Gasteiger partial charge in [0, 0.05) is 12.8 Å². The van der Waals surface area contributed by atoms with Gasteiger partial charge in [0.2, 0.25) is 0 Å². The van der Waals surface area contributed by atoms with Crippen LogP contribution in [-0.4, -0.2) is 74.9 Å². The number of nitrogens with zero attached hydrogens (tertiary/aromatic N) is 1. The number of phosphoric ester groups is 1. The second-order valence-corrected chi connectivity index (χ2v) is 27.1. The van der Waals surface area contributed by atoms with Crippen molar-refractivity contribution in [2.45, 2.75) is 386 Å². The molecule has 0 amide bonds. The van der Waals surface area contributed by atoms with Crippen LogP contribution in [0.1, 0.15) is 380 Å². The van der Waals surface area contributed by atoms with Crippen molar-refractivity contribution < 1.29 is 42.1 Å². The summed E-state index contributed by atoms with van der Waals surface area (Å²) in [5.74, 6) is -0.767. The van der Waals surface area contributed by atoms with E-state index in [0.717, 1.165) is 38.5 Å². The summed E-state index contributed by atoms with van der Waals surface area (Å²) in [7, 11) is 1.51. The molecule has 0 saturated heterocycles. The number of hydrogen-bond acceptors (Lipinski definition) is 7. The van der Waals surface area contributed by atoms with Crippen molar-refractivity contribution in [2.75, 3.05) is 47.5 Å². The van der Waals surface area contributed by atoms with Crippen molar-refractivity contribution >= 4 is 19.8 Å². The van der Waals surface area contributed by atoms with Crippen molar-refractivity contribution in [2.24, 2.45) is 0 Å². The minimum absolute atomic E-state index is 0.0377.